The lowest BCUT2D eigenvalue weighted by atomic mass is 9.84. The fraction of sp³-hybridized carbons (Fsp3) is 0.433. The van der Waals surface area contributed by atoms with Crippen LogP contribution < -0.4 is 10.6 Å². The molecular formula is C30H29Cl2F2IN4O4. The van der Waals surface area contributed by atoms with Crippen molar-refractivity contribution in [3.8, 4) is 17.2 Å². The summed E-state index contributed by atoms with van der Waals surface area (Å²) >= 11 is 11.7. The van der Waals surface area contributed by atoms with Crippen LogP contribution in [0.3, 0.4) is 0 Å². The van der Waals surface area contributed by atoms with E-state index in [9.17, 15) is 24.8 Å². The van der Waals surface area contributed by atoms with E-state index in [4.69, 9.17) is 23.2 Å². The smallest absolute Gasteiger partial charge is 0.264 e. The van der Waals surface area contributed by atoms with Gasteiger partial charge in [0.2, 0.25) is 11.8 Å². The monoisotopic (exact) mass is 744 g/mol. The molecule has 43 heavy (non-hydrogen) atoms. The Morgan fingerprint density at radius 1 is 1.21 bits per heavy atom. The van der Waals surface area contributed by atoms with Gasteiger partial charge in [-0.2, -0.15) is 5.26 Å². The summed E-state index contributed by atoms with van der Waals surface area (Å²) in [5.74, 6) is -7.26. The summed E-state index contributed by atoms with van der Waals surface area (Å²) in [7, 11) is 0. The van der Waals surface area contributed by atoms with Crippen LogP contribution in [-0.2, 0) is 20.0 Å². The Morgan fingerprint density at radius 2 is 1.84 bits per heavy atom. The van der Waals surface area contributed by atoms with E-state index < -0.39 is 81.0 Å². The van der Waals surface area contributed by atoms with Crippen molar-refractivity contribution in [3.05, 3.63) is 57.6 Å². The number of amides is 3. The van der Waals surface area contributed by atoms with Gasteiger partial charge in [0.05, 0.1) is 6.07 Å². The number of aliphatic hydroxyl groups is 1. The standard InChI is InChI=1S/C30H29Cl2F2IN4O4/c1-35-13-17-15-39(25(12-29(17,33)34)27(41)38-20(14-36)9-16-3-2-8-37-26(16)40)28(42)30(43)23-10-18(31)4-6-21(23)22-7-5-19(32)11-24(22)30/h4-7,10-11,16-17,20,25,43H,1-3,8-9,12-13,15H2,(H,37,40)(H,38,41)/t16-,17?,20-,25-/m0/s1. The van der Waals surface area contributed by atoms with Gasteiger partial charge in [-0.05, 0) is 54.7 Å². The van der Waals surface area contributed by atoms with Crippen LogP contribution in [0.1, 0.15) is 36.8 Å². The topological polar surface area (TPSA) is 123 Å². The number of carbonyl (C=O) groups excluding carboxylic acids is 3. The number of halogens is 5. The first-order valence-electron chi connectivity index (χ1n) is 13.7. The van der Waals surface area contributed by atoms with Crippen LogP contribution in [-0.4, -0.2) is 67.8 Å². The Labute approximate surface area is 267 Å². The fourth-order valence-electron chi connectivity index (χ4n) is 6.23. The third-order valence-corrected chi connectivity index (χ3v) is 10.6. The Kier molecular flexibility index (Phi) is 9.14. The molecule has 1 aliphatic carbocycles. The minimum absolute atomic E-state index is 0.00137. The maximum Gasteiger partial charge on any atom is 0.264 e. The number of carbonyl (C=O) groups is 3. The highest BCUT2D eigenvalue weighted by Crippen LogP contribution is 2.51. The van der Waals surface area contributed by atoms with E-state index in [2.05, 4.69) is 15.1 Å². The average Bonchev–Trinajstić information content (AvgIpc) is 3.21. The lowest BCUT2D eigenvalue weighted by molar-refractivity contribution is -0.171. The lowest BCUT2D eigenvalue weighted by Crippen LogP contribution is -2.64. The minimum Gasteiger partial charge on any atom is -0.372 e. The van der Waals surface area contributed by atoms with Crippen LogP contribution in [0.25, 0.3) is 11.1 Å². The summed E-state index contributed by atoms with van der Waals surface area (Å²) in [5.41, 5.74) is -1.03. The maximum absolute atomic E-state index is 15.5. The van der Waals surface area contributed by atoms with Crippen molar-refractivity contribution in [2.24, 2.45) is 11.8 Å². The normalized spacial score (nSPS) is 24.2. The molecule has 228 valence electrons. The zero-order chi connectivity index (χ0) is 31.1. The van der Waals surface area contributed by atoms with Crippen molar-refractivity contribution >= 4 is 66.2 Å². The van der Waals surface area contributed by atoms with Crippen LogP contribution in [0.4, 0.5) is 8.78 Å². The van der Waals surface area contributed by atoms with Gasteiger partial charge >= 0.3 is 0 Å². The predicted molar refractivity (Wildman–Crippen MR) is 167 cm³/mol. The number of hydrogen-bond donors (Lipinski definition) is 3. The van der Waals surface area contributed by atoms with E-state index in [1.54, 1.807) is 24.3 Å². The molecule has 1 unspecified atom stereocenters. The molecule has 3 aliphatic rings. The Bertz CT molecular complexity index is 1480. The Morgan fingerprint density at radius 3 is 2.40 bits per heavy atom. The SMILES string of the molecule is C=ICC1CN(C(=O)C2(O)c3cc(Cl)ccc3-c3ccc(Cl)cc32)[C@H](C(=O)N[C@H](C#N)C[C@@H]2CCCNC2=O)CC1(F)F. The number of alkyl halides is 3. The molecule has 3 N–H and O–H groups in total. The van der Waals surface area contributed by atoms with Gasteiger partial charge in [0.1, 0.15) is 12.1 Å². The molecule has 0 saturated carbocycles. The molecule has 0 radical (unpaired) electrons. The number of nitriles is 1. The number of rotatable bonds is 7. The largest absolute Gasteiger partial charge is 0.372 e. The van der Waals surface area contributed by atoms with E-state index in [-0.39, 0.29) is 37.9 Å². The van der Waals surface area contributed by atoms with Gasteiger partial charge in [0.15, 0.2) is 5.60 Å². The highest BCUT2D eigenvalue weighted by atomic mass is 127. The number of piperidine rings is 2. The molecule has 2 aromatic rings. The van der Waals surface area contributed by atoms with Crippen molar-refractivity contribution in [3.63, 3.8) is 0 Å². The molecule has 8 nitrogen and oxygen atoms in total. The van der Waals surface area contributed by atoms with Gasteiger partial charge in [0, 0.05) is 56.9 Å². The fourth-order valence-corrected chi connectivity index (χ4v) is 8.25. The zero-order valence-electron chi connectivity index (χ0n) is 22.9. The van der Waals surface area contributed by atoms with Crippen LogP contribution in [0, 0.1) is 23.2 Å². The summed E-state index contributed by atoms with van der Waals surface area (Å²) in [4.78, 5) is 41.4. The molecule has 3 amide bonds. The summed E-state index contributed by atoms with van der Waals surface area (Å²) in [6, 6.07) is 8.50. The summed E-state index contributed by atoms with van der Waals surface area (Å²) < 4.78 is 34.8. The quantitative estimate of drug-likeness (QED) is 0.287. The summed E-state index contributed by atoms with van der Waals surface area (Å²) in [6.45, 7) is 0.0188. The summed E-state index contributed by atoms with van der Waals surface area (Å²) in [5, 5.41) is 27.7. The van der Waals surface area contributed by atoms with E-state index >= 15 is 8.78 Å². The molecule has 2 aromatic carbocycles. The van der Waals surface area contributed by atoms with Crippen LogP contribution in [0.5, 0.6) is 0 Å². The lowest BCUT2D eigenvalue weighted by Gasteiger charge is -2.45. The Balaban J connectivity index is 1.52. The van der Waals surface area contributed by atoms with Gasteiger partial charge in [0.25, 0.3) is 11.8 Å². The first kappa shape index (κ1) is 31.8. The third-order valence-electron chi connectivity index (χ3n) is 8.45. The first-order valence-corrected chi connectivity index (χ1v) is 17.5. The van der Waals surface area contributed by atoms with Gasteiger partial charge < -0.3 is 20.6 Å². The first-order chi connectivity index (χ1) is 20.4. The van der Waals surface area contributed by atoms with E-state index in [1.165, 1.54) is 12.1 Å². The van der Waals surface area contributed by atoms with Crippen LogP contribution in [0.15, 0.2) is 36.4 Å². The number of fused-ring (bicyclic) bond motifs is 3. The molecule has 0 bridgehead atoms. The van der Waals surface area contributed by atoms with Gasteiger partial charge in [-0.3, -0.25) is 14.4 Å². The molecule has 0 aromatic heterocycles. The number of nitrogens with one attached hydrogen (secondary N) is 2. The number of likely N-dealkylation sites (tertiary alicyclic amines) is 1. The van der Waals surface area contributed by atoms with Crippen molar-refractivity contribution in [1.29, 1.82) is 5.26 Å². The second-order valence-electron chi connectivity index (χ2n) is 11.1. The third kappa shape index (κ3) is 5.91. The predicted octanol–water partition coefficient (Wildman–Crippen LogP) is 4.39. The highest BCUT2D eigenvalue weighted by molar-refractivity contribution is 14.2. The second kappa shape index (κ2) is 12.4. The maximum atomic E-state index is 15.5. The van der Waals surface area contributed by atoms with Crippen molar-refractivity contribution in [2.45, 2.75) is 49.3 Å². The van der Waals surface area contributed by atoms with E-state index in [1.807, 2.05) is 6.07 Å². The number of nitrogens with zero attached hydrogens (tertiary/aromatic N) is 2. The van der Waals surface area contributed by atoms with Gasteiger partial charge in [-0.25, -0.2) is 8.78 Å². The van der Waals surface area contributed by atoms with Crippen molar-refractivity contribution in [1.82, 2.24) is 15.5 Å². The van der Waals surface area contributed by atoms with E-state index in [0.717, 1.165) is 4.90 Å². The van der Waals surface area contributed by atoms with Crippen LogP contribution >= 0.6 is 43.9 Å². The zero-order valence-corrected chi connectivity index (χ0v) is 26.6. The number of benzene rings is 2. The Hall–Kier alpha value is -2.66. The molecule has 4 atom stereocenters. The molecule has 0 spiro atoms. The van der Waals surface area contributed by atoms with Crippen molar-refractivity contribution in [2.75, 3.05) is 17.5 Å². The molecule has 2 saturated heterocycles. The average molecular weight is 745 g/mol. The molecule has 2 heterocycles. The molecular weight excluding hydrogens is 716 g/mol. The van der Waals surface area contributed by atoms with E-state index in [0.29, 0.717) is 30.5 Å². The molecule has 2 aliphatic heterocycles. The number of hydrogen-bond acceptors (Lipinski definition) is 5. The van der Waals surface area contributed by atoms with Gasteiger partial charge in [-0.15, -0.1) is 20.7 Å². The highest BCUT2D eigenvalue weighted by Gasteiger charge is 2.57. The van der Waals surface area contributed by atoms with Crippen LogP contribution in [0.2, 0.25) is 10.0 Å². The van der Waals surface area contributed by atoms with Crippen molar-refractivity contribution < 1.29 is 28.3 Å². The second-order valence-corrected chi connectivity index (χ2v) is 14.0. The molecule has 2 fully saturated rings. The minimum atomic E-state index is -3.30. The molecule has 5 rings (SSSR count). The van der Waals surface area contributed by atoms with Gasteiger partial charge in [-0.1, -0.05) is 39.8 Å². The molecule has 13 heteroatoms. The summed E-state index contributed by atoms with van der Waals surface area (Å²) in [6.07, 6.45) is 0.244.